The lowest BCUT2D eigenvalue weighted by Gasteiger charge is -2.06. The van der Waals surface area contributed by atoms with Gasteiger partial charge in [0.15, 0.2) is 0 Å². The molecule has 6 N–H and O–H groups in total. The Morgan fingerprint density at radius 1 is 1.17 bits per heavy atom. The summed E-state index contributed by atoms with van der Waals surface area (Å²) in [7, 11) is 1.59. The van der Waals surface area contributed by atoms with Crippen molar-refractivity contribution in [1.82, 2.24) is 25.6 Å². The largest absolute Gasteiger partial charge is 0.369 e. The predicted molar refractivity (Wildman–Crippen MR) is 111 cm³/mol. The fraction of sp³-hybridized carbons (Fsp3) is 0.300. The lowest BCUT2D eigenvalue weighted by Crippen LogP contribution is -2.26. The maximum absolute atomic E-state index is 12.2. The van der Waals surface area contributed by atoms with Gasteiger partial charge in [-0.15, -0.1) is 0 Å². The molecule has 0 aliphatic heterocycles. The molecule has 1 aromatic carbocycles. The number of nitrogens with one attached hydrogen (secondary N) is 4. The van der Waals surface area contributed by atoms with Crippen LogP contribution in [0.3, 0.4) is 0 Å². The summed E-state index contributed by atoms with van der Waals surface area (Å²) in [6.07, 6.45) is 4.11. The zero-order valence-corrected chi connectivity index (χ0v) is 16.2. The summed E-state index contributed by atoms with van der Waals surface area (Å²) in [5.74, 6) is -0.126. The maximum atomic E-state index is 12.2. The quantitative estimate of drug-likeness (QED) is 0.359. The third kappa shape index (κ3) is 5.01. The lowest BCUT2D eigenvalue weighted by atomic mass is 10.0. The molecule has 9 heteroatoms. The standard InChI is InChI=1S/C20H24N6O3/c1-22-15(27)3-2-10-23-18(28)13-7-4-12(5-8-13)6-9-14-11-24-17-16(14)19(29)26-20(21)25-17/h4-5,7-8,11H,2-3,6,9-10H2,1H3,(H,22,27)(H,23,28)(H4,21,24,25,26,29). The first-order valence-corrected chi connectivity index (χ1v) is 9.41. The Morgan fingerprint density at radius 3 is 2.66 bits per heavy atom. The molecule has 0 saturated heterocycles. The molecule has 152 valence electrons. The number of carbonyl (C=O) groups excluding carboxylic acids is 2. The number of nitrogens with two attached hydrogens (primary N) is 1. The number of nitrogen functional groups attached to an aromatic ring is 1. The fourth-order valence-corrected chi connectivity index (χ4v) is 3.10. The van der Waals surface area contributed by atoms with Gasteiger partial charge in [-0.3, -0.25) is 19.4 Å². The molecule has 0 radical (unpaired) electrons. The summed E-state index contributed by atoms with van der Waals surface area (Å²) in [4.78, 5) is 45.0. The highest BCUT2D eigenvalue weighted by atomic mass is 16.2. The number of H-pyrrole nitrogens is 2. The molecule has 0 spiro atoms. The van der Waals surface area contributed by atoms with Gasteiger partial charge in [-0.2, -0.15) is 4.98 Å². The van der Waals surface area contributed by atoms with E-state index < -0.39 is 0 Å². The minimum Gasteiger partial charge on any atom is -0.369 e. The number of carbonyl (C=O) groups is 2. The van der Waals surface area contributed by atoms with Gasteiger partial charge >= 0.3 is 0 Å². The molecular formula is C20H24N6O3. The Kier molecular flexibility index (Phi) is 6.28. The Bertz CT molecular complexity index is 1070. The van der Waals surface area contributed by atoms with Gasteiger partial charge in [0.2, 0.25) is 11.9 Å². The van der Waals surface area contributed by atoms with E-state index in [2.05, 4.69) is 25.6 Å². The molecule has 0 unspecified atom stereocenters. The first-order valence-electron chi connectivity index (χ1n) is 9.41. The van der Waals surface area contributed by atoms with Crippen LogP contribution in [0, 0.1) is 0 Å². The molecule has 3 rings (SSSR count). The predicted octanol–water partition coefficient (Wildman–Crippen LogP) is 0.875. The normalized spacial score (nSPS) is 10.8. The topological polar surface area (TPSA) is 146 Å². The summed E-state index contributed by atoms with van der Waals surface area (Å²) in [6, 6.07) is 7.34. The average molecular weight is 396 g/mol. The number of aryl methyl sites for hydroxylation is 2. The zero-order valence-electron chi connectivity index (χ0n) is 16.2. The van der Waals surface area contributed by atoms with E-state index in [1.54, 1.807) is 25.4 Å². The van der Waals surface area contributed by atoms with Crippen molar-refractivity contribution in [3.8, 4) is 0 Å². The summed E-state index contributed by atoms with van der Waals surface area (Å²) >= 11 is 0. The van der Waals surface area contributed by atoms with Gasteiger partial charge in [0.1, 0.15) is 5.65 Å². The van der Waals surface area contributed by atoms with E-state index >= 15 is 0 Å². The molecule has 2 heterocycles. The zero-order chi connectivity index (χ0) is 20.8. The third-order valence-corrected chi connectivity index (χ3v) is 4.69. The van der Waals surface area contributed by atoms with E-state index in [0.717, 1.165) is 11.1 Å². The molecule has 0 atom stereocenters. The second-order valence-corrected chi connectivity index (χ2v) is 6.72. The lowest BCUT2D eigenvalue weighted by molar-refractivity contribution is -0.120. The number of amides is 2. The van der Waals surface area contributed by atoms with Crippen molar-refractivity contribution in [1.29, 1.82) is 0 Å². The molecule has 3 aromatic rings. The number of benzene rings is 1. The van der Waals surface area contributed by atoms with Crippen LogP contribution in [0.2, 0.25) is 0 Å². The molecule has 9 nitrogen and oxygen atoms in total. The van der Waals surface area contributed by atoms with Crippen LogP contribution in [0.5, 0.6) is 0 Å². The Hall–Kier alpha value is -3.62. The fourth-order valence-electron chi connectivity index (χ4n) is 3.10. The van der Waals surface area contributed by atoms with Gasteiger partial charge in [0, 0.05) is 31.8 Å². The SMILES string of the molecule is CNC(=O)CCCNC(=O)c1ccc(CCc2c[nH]c3nc(N)[nH]c(=O)c23)cc1. The van der Waals surface area contributed by atoms with Crippen LogP contribution < -0.4 is 21.9 Å². The summed E-state index contributed by atoms with van der Waals surface area (Å²) in [6.45, 7) is 0.446. The Morgan fingerprint density at radius 2 is 1.93 bits per heavy atom. The van der Waals surface area contributed by atoms with E-state index in [1.807, 2.05) is 12.1 Å². The first kappa shape index (κ1) is 20.1. The molecule has 0 fully saturated rings. The summed E-state index contributed by atoms with van der Waals surface area (Å²) in [5, 5.41) is 5.87. The second-order valence-electron chi connectivity index (χ2n) is 6.72. The van der Waals surface area contributed by atoms with Crippen LogP contribution in [0.25, 0.3) is 11.0 Å². The molecule has 2 amide bonds. The Labute approximate surface area is 167 Å². The van der Waals surface area contributed by atoms with Crippen LogP contribution in [0.4, 0.5) is 5.95 Å². The number of hydrogen-bond acceptors (Lipinski definition) is 5. The van der Waals surface area contributed by atoms with E-state index in [4.69, 9.17) is 5.73 Å². The van der Waals surface area contributed by atoms with E-state index in [-0.39, 0.29) is 23.3 Å². The smallest absolute Gasteiger partial charge is 0.262 e. The van der Waals surface area contributed by atoms with Crippen molar-refractivity contribution >= 4 is 28.8 Å². The van der Waals surface area contributed by atoms with Gasteiger partial charge in [0.05, 0.1) is 5.39 Å². The molecule has 0 aliphatic carbocycles. The van der Waals surface area contributed by atoms with Crippen LogP contribution in [0.1, 0.15) is 34.3 Å². The molecule has 0 aliphatic rings. The van der Waals surface area contributed by atoms with Crippen molar-refractivity contribution in [2.45, 2.75) is 25.7 Å². The summed E-state index contributed by atoms with van der Waals surface area (Å²) in [5.41, 5.74) is 8.26. The number of rotatable bonds is 8. The molecule has 0 bridgehead atoms. The monoisotopic (exact) mass is 396 g/mol. The van der Waals surface area contributed by atoms with Crippen LogP contribution in [0.15, 0.2) is 35.3 Å². The highest BCUT2D eigenvalue weighted by molar-refractivity contribution is 5.94. The number of aromatic nitrogens is 3. The molecule has 2 aromatic heterocycles. The summed E-state index contributed by atoms with van der Waals surface area (Å²) < 4.78 is 0. The van der Waals surface area contributed by atoms with Crippen molar-refractivity contribution in [2.75, 3.05) is 19.3 Å². The number of fused-ring (bicyclic) bond motifs is 1. The molecular weight excluding hydrogens is 372 g/mol. The van der Waals surface area contributed by atoms with Gasteiger partial charge in [-0.1, -0.05) is 12.1 Å². The third-order valence-electron chi connectivity index (χ3n) is 4.69. The van der Waals surface area contributed by atoms with Crippen molar-refractivity contribution < 1.29 is 9.59 Å². The van der Waals surface area contributed by atoms with Gasteiger partial charge in [0.25, 0.3) is 11.5 Å². The second kappa shape index (κ2) is 9.05. The number of nitrogens with zero attached hydrogens (tertiary/aromatic N) is 1. The van der Waals surface area contributed by atoms with E-state index in [9.17, 15) is 14.4 Å². The average Bonchev–Trinajstić information content (AvgIpc) is 3.12. The minimum atomic E-state index is -0.257. The highest BCUT2D eigenvalue weighted by Crippen LogP contribution is 2.16. The number of hydrogen-bond donors (Lipinski definition) is 5. The Balaban J connectivity index is 1.55. The van der Waals surface area contributed by atoms with E-state index in [0.29, 0.717) is 48.8 Å². The molecule has 0 saturated carbocycles. The van der Waals surface area contributed by atoms with Crippen molar-refractivity contribution in [3.63, 3.8) is 0 Å². The number of aromatic amines is 2. The maximum Gasteiger partial charge on any atom is 0.262 e. The van der Waals surface area contributed by atoms with Crippen LogP contribution in [-0.4, -0.2) is 40.4 Å². The van der Waals surface area contributed by atoms with E-state index in [1.165, 1.54) is 0 Å². The van der Waals surface area contributed by atoms with Gasteiger partial charge in [-0.05, 0) is 42.5 Å². The van der Waals surface area contributed by atoms with Crippen molar-refractivity contribution in [2.24, 2.45) is 0 Å². The first-order chi connectivity index (χ1) is 14.0. The minimum absolute atomic E-state index is 0.0416. The number of anilines is 1. The van der Waals surface area contributed by atoms with Gasteiger partial charge in [-0.25, -0.2) is 0 Å². The van der Waals surface area contributed by atoms with Crippen LogP contribution >= 0.6 is 0 Å². The van der Waals surface area contributed by atoms with Crippen LogP contribution in [-0.2, 0) is 17.6 Å². The highest BCUT2D eigenvalue weighted by Gasteiger charge is 2.11. The van der Waals surface area contributed by atoms with Crippen molar-refractivity contribution in [3.05, 3.63) is 57.5 Å². The molecule has 29 heavy (non-hydrogen) atoms. The van der Waals surface area contributed by atoms with Gasteiger partial charge < -0.3 is 21.4 Å².